The molecule has 2 atom stereocenters. The second-order valence-corrected chi connectivity index (χ2v) is 7.99. The molecule has 2 aromatic carbocycles. The lowest BCUT2D eigenvalue weighted by atomic mass is 9.80. The summed E-state index contributed by atoms with van der Waals surface area (Å²) in [7, 11) is 4.84. The largest absolute Gasteiger partial charge is 0.493 e. The molecule has 0 fully saturated rings. The zero-order chi connectivity index (χ0) is 22.9. The molecule has 2 aliphatic heterocycles. The quantitative estimate of drug-likeness (QED) is 0.667. The lowest BCUT2D eigenvalue weighted by Crippen LogP contribution is -2.46. The topological polar surface area (TPSA) is 95.6 Å². The van der Waals surface area contributed by atoms with E-state index in [1.807, 2.05) is 36.4 Å². The summed E-state index contributed by atoms with van der Waals surface area (Å²) in [6, 6.07) is 11.5. The number of benzene rings is 2. The first-order valence-corrected chi connectivity index (χ1v) is 10.7. The van der Waals surface area contributed by atoms with E-state index in [-0.39, 0.29) is 18.0 Å². The van der Waals surface area contributed by atoms with Gasteiger partial charge in [-0.1, -0.05) is 19.1 Å². The molecule has 0 aliphatic carbocycles. The zero-order valence-electron chi connectivity index (χ0n) is 18.9. The molecule has 0 bridgehead atoms. The summed E-state index contributed by atoms with van der Waals surface area (Å²) >= 11 is 0. The molecule has 2 aromatic rings. The number of carbonyl (C=O) groups is 1. The van der Waals surface area contributed by atoms with Crippen LogP contribution < -0.4 is 19.9 Å². The first-order valence-electron chi connectivity index (χ1n) is 10.7. The Labute approximate surface area is 187 Å². The summed E-state index contributed by atoms with van der Waals surface area (Å²) in [4.78, 5) is 19.4. The number of aliphatic imine (C=N–C) groups is 1. The van der Waals surface area contributed by atoms with Crippen molar-refractivity contribution in [2.75, 3.05) is 34.5 Å². The van der Waals surface area contributed by atoms with Crippen LogP contribution in [0, 0.1) is 0 Å². The molecule has 8 heteroatoms. The van der Waals surface area contributed by atoms with Crippen molar-refractivity contribution < 1.29 is 23.7 Å². The minimum atomic E-state index is -1.13. The van der Waals surface area contributed by atoms with Crippen LogP contribution in [0.4, 0.5) is 0 Å². The molecule has 2 heterocycles. The van der Waals surface area contributed by atoms with Crippen molar-refractivity contribution in [1.29, 1.82) is 0 Å². The fourth-order valence-electron chi connectivity index (χ4n) is 4.27. The molecule has 0 saturated carbocycles. The Morgan fingerprint density at radius 2 is 1.88 bits per heavy atom. The number of hydrogen-bond donors (Lipinski definition) is 1. The molecular weight excluding hydrogens is 410 g/mol. The van der Waals surface area contributed by atoms with E-state index in [0.29, 0.717) is 42.4 Å². The highest BCUT2D eigenvalue weighted by Gasteiger charge is 2.53. The van der Waals surface area contributed by atoms with Gasteiger partial charge in [-0.15, -0.1) is 0 Å². The number of likely N-dealkylation sites (N-methyl/N-ethyl adjacent to an activating group) is 1. The van der Waals surface area contributed by atoms with Gasteiger partial charge in [-0.3, -0.25) is 9.69 Å². The Hall–Kier alpha value is -3.26. The summed E-state index contributed by atoms with van der Waals surface area (Å²) in [5.74, 6) is 1.93. The summed E-state index contributed by atoms with van der Waals surface area (Å²) < 4.78 is 22.7. The number of rotatable bonds is 7. The number of fused-ring (bicyclic) bond motifs is 2. The van der Waals surface area contributed by atoms with Gasteiger partial charge in [0.2, 0.25) is 0 Å². The van der Waals surface area contributed by atoms with Crippen LogP contribution in [-0.4, -0.2) is 57.4 Å². The van der Waals surface area contributed by atoms with Crippen molar-refractivity contribution >= 4 is 11.9 Å². The van der Waals surface area contributed by atoms with E-state index in [0.717, 1.165) is 17.5 Å². The van der Waals surface area contributed by atoms with Gasteiger partial charge in [-0.2, -0.15) is 0 Å². The highest BCUT2D eigenvalue weighted by molar-refractivity contribution is 6.07. The van der Waals surface area contributed by atoms with Gasteiger partial charge in [0, 0.05) is 25.6 Å². The number of nitrogens with zero attached hydrogens (tertiary/aromatic N) is 2. The third kappa shape index (κ3) is 3.64. The maximum atomic E-state index is 13.4. The van der Waals surface area contributed by atoms with Crippen LogP contribution in [0.5, 0.6) is 17.2 Å². The summed E-state index contributed by atoms with van der Waals surface area (Å²) in [5.41, 5.74) is 7.47. The average molecular weight is 440 g/mol. The van der Waals surface area contributed by atoms with E-state index < -0.39 is 5.54 Å². The van der Waals surface area contributed by atoms with Crippen molar-refractivity contribution in [1.82, 2.24) is 4.90 Å². The SMILES string of the molecule is CCCOCC1CC2(N=C(N)N(C)C2=O)c2cc(-c3ccc(OC)c(OC)c3)ccc2O1. The van der Waals surface area contributed by atoms with Crippen LogP contribution in [0.15, 0.2) is 41.4 Å². The molecule has 0 radical (unpaired) electrons. The van der Waals surface area contributed by atoms with E-state index in [1.165, 1.54) is 4.90 Å². The Bertz CT molecular complexity index is 1050. The molecule has 32 heavy (non-hydrogen) atoms. The molecule has 2 aliphatic rings. The molecule has 8 nitrogen and oxygen atoms in total. The van der Waals surface area contributed by atoms with Gasteiger partial charge in [-0.05, 0) is 41.8 Å². The Kier molecular flexibility index (Phi) is 5.97. The number of amides is 1. The van der Waals surface area contributed by atoms with Gasteiger partial charge in [0.15, 0.2) is 23.0 Å². The monoisotopic (exact) mass is 439 g/mol. The smallest absolute Gasteiger partial charge is 0.261 e. The number of hydrogen-bond acceptors (Lipinski definition) is 7. The van der Waals surface area contributed by atoms with Crippen LogP contribution >= 0.6 is 0 Å². The number of ether oxygens (including phenoxy) is 4. The first kappa shape index (κ1) is 22.0. The van der Waals surface area contributed by atoms with E-state index in [4.69, 9.17) is 24.7 Å². The third-order valence-electron chi connectivity index (χ3n) is 5.92. The van der Waals surface area contributed by atoms with Gasteiger partial charge in [0.1, 0.15) is 11.9 Å². The van der Waals surface area contributed by atoms with Crippen LogP contribution in [0.1, 0.15) is 25.3 Å². The van der Waals surface area contributed by atoms with Crippen LogP contribution in [0.2, 0.25) is 0 Å². The Morgan fingerprint density at radius 1 is 1.16 bits per heavy atom. The summed E-state index contributed by atoms with van der Waals surface area (Å²) in [5, 5.41) is 0. The molecule has 1 spiro atoms. The number of nitrogens with two attached hydrogens (primary N) is 1. The van der Waals surface area contributed by atoms with Crippen molar-refractivity contribution in [3.8, 4) is 28.4 Å². The van der Waals surface area contributed by atoms with Gasteiger partial charge in [0.05, 0.1) is 20.8 Å². The van der Waals surface area contributed by atoms with Crippen molar-refractivity contribution in [2.24, 2.45) is 10.7 Å². The van der Waals surface area contributed by atoms with Crippen LogP contribution in [-0.2, 0) is 15.1 Å². The van der Waals surface area contributed by atoms with E-state index in [2.05, 4.69) is 11.9 Å². The molecule has 4 rings (SSSR count). The molecule has 0 saturated heterocycles. The molecule has 2 N–H and O–H groups in total. The third-order valence-corrected chi connectivity index (χ3v) is 5.92. The number of methoxy groups -OCH3 is 2. The lowest BCUT2D eigenvalue weighted by molar-refractivity contribution is -0.132. The highest BCUT2D eigenvalue weighted by Crippen LogP contribution is 2.47. The van der Waals surface area contributed by atoms with E-state index in [9.17, 15) is 4.79 Å². The van der Waals surface area contributed by atoms with Gasteiger partial charge in [-0.25, -0.2) is 4.99 Å². The minimum Gasteiger partial charge on any atom is -0.493 e. The average Bonchev–Trinajstić information content (AvgIpc) is 3.02. The summed E-state index contributed by atoms with van der Waals surface area (Å²) in [6.45, 7) is 3.07. The van der Waals surface area contributed by atoms with Gasteiger partial charge >= 0.3 is 0 Å². The second kappa shape index (κ2) is 8.70. The van der Waals surface area contributed by atoms with Crippen LogP contribution in [0.3, 0.4) is 0 Å². The van der Waals surface area contributed by atoms with Crippen LogP contribution in [0.25, 0.3) is 11.1 Å². The number of carbonyl (C=O) groups excluding carboxylic acids is 1. The minimum absolute atomic E-state index is 0.162. The highest BCUT2D eigenvalue weighted by atomic mass is 16.5. The predicted molar refractivity (Wildman–Crippen MR) is 121 cm³/mol. The maximum absolute atomic E-state index is 13.4. The number of guanidine groups is 1. The fourth-order valence-corrected chi connectivity index (χ4v) is 4.27. The Balaban J connectivity index is 1.78. The van der Waals surface area contributed by atoms with Crippen molar-refractivity contribution in [2.45, 2.75) is 31.4 Å². The van der Waals surface area contributed by atoms with Crippen molar-refractivity contribution in [3.05, 3.63) is 42.0 Å². The first-order chi connectivity index (χ1) is 15.4. The normalized spacial score (nSPS) is 21.9. The zero-order valence-corrected chi connectivity index (χ0v) is 18.9. The second-order valence-electron chi connectivity index (χ2n) is 7.99. The Morgan fingerprint density at radius 3 is 2.53 bits per heavy atom. The predicted octanol–water partition coefficient (Wildman–Crippen LogP) is 2.93. The molecule has 1 amide bonds. The standard InChI is InChI=1S/C24H29N3O5/c1-5-10-31-14-17-13-24(22(28)27(2)23(25)26-24)18-11-15(6-8-19(18)32-17)16-7-9-20(29-3)21(12-16)30-4/h6-9,11-12,17H,5,10,13-14H2,1-4H3,(H2,25,26). The molecule has 170 valence electrons. The molecule has 2 unspecified atom stereocenters. The maximum Gasteiger partial charge on any atom is 0.261 e. The molecular formula is C24H29N3O5. The summed E-state index contributed by atoms with van der Waals surface area (Å²) in [6.07, 6.45) is 0.978. The molecule has 0 aromatic heterocycles. The van der Waals surface area contributed by atoms with E-state index >= 15 is 0 Å². The lowest BCUT2D eigenvalue weighted by Gasteiger charge is -2.36. The van der Waals surface area contributed by atoms with E-state index in [1.54, 1.807) is 21.3 Å². The van der Waals surface area contributed by atoms with Gasteiger partial charge < -0.3 is 24.7 Å². The van der Waals surface area contributed by atoms with Gasteiger partial charge in [0.25, 0.3) is 5.91 Å². The van der Waals surface area contributed by atoms with Crippen molar-refractivity contribution in [3.63, 3.8) is 0 Å². The fraction of sp³-hybridized carbons (Fsp3) is 0.417.